The van der Waals surface area contributed by atoms with Crippen molar-refractivity contribution in [2.75, 3.05) is 27.1 Å². The van der Waals surface area contributed by atoms with E-state index in [9.17, 15) is 5.11 Å². The van der Waals surface area contributed by atoms with Gasteiger partial charge in [-0.2, -0.15) is 0 Å². The van der Waals surface area contributed by atoms with Crippen molar-refractivity contribution < 1.29 is 19.3 Å². The Morgan fingerprint density at radius 2 is 2.00 bits per heavy atom. The van der Waals surface area contributed by atoms with E-state index in [0.717, 1.165) is 12.0 Å². The molecule has 0 saturated carbocycles. The lowest BCUT2D eigenvalue weighted by atomic mass is 9.99. The fraction of sp³-hybridized carbons (Fsp3) is 0.600. The lowest BCUT2D eigenvalue weighted by molar-refractivity contribution is -0.00859. The maximum absolute atomic E-state index is 10.1. The van der Waals surface area contributed by atoms with Crippen LogP contribution in [0.2, 0.25) is 0 Å². The fourth-order valence-corrected chi connectivity index (χ4v) is 1.71. The second-order valence-electron chi connectivity index (χ2n) is 4.88. The summed E-state index contributed by atoms with van der Waals surface area (Å²) in [5, 5.41) is 10.1. The molecule has 0 aliphatic rings. The van der Waals surface area contributed by atoms with Gasteiger partial charge in [-0.1, -0.05) is 26.0 Å². The number of methoxy groups -OCH3 is 1. The molecule has 0 unspecified atom stereocenters. The quantitative estimate of drug-likeness (QED) is 0.552. The average Bonchev–Trinajstić information content (AvgIpc) is 2.38. The first-order chi connectivity index (χ1) is 9.13. The third-order valence-corrected chi connectivity index (χ3v) is 2.68. The van der Waals surface area contributed by atoms with Crippen molar-refractivity contribution in [1.29, 1.82) is 0 Å². The molecule has 0 saturated heterocycles. The van der Waals surface area contributed by atoms with Crippen molar-refractivity contribution in [2.24, 2.45) is 5.92 Å². The molecule has 0 amide bonds. The van der Waals surface area contributed by atoms with Crippen LogP contribution in [0.4, 0.5) is 0 Å². The van der Waals surface area contributed by atoms with Crippen LogP contribution in [0.3, 0.4) is 0 Å². The van der Waals surface area contributed by atoms with Crippen LogP contribution < -0.4 is 4.74 Å². The molecule has 4 nitrogen and oxygen atoms in total. The molecule has 0 aromatic heterocycles. The Morgan fingerprint density at radius 3 is 2.68 bits per heavy atom. The molecule has 0 spiro atoms. The minimum absolute atomic E-state index is 0.188. The van der Waals surface area contributed by atoms with Crippen molar-refractivity contribution in [3.05, 3.63) is 29.8 Å². The number of benzene rings is 1. The number of hydrogen-bond acceptors (Lipinski definition) is 4. The van der Waals surface area contributed by atoms with Crippen molar-refractivity contribution in [2.45, 2.75) is 26.4 Å². The van der Waals surface area contributed by atoms with Gasteiger partial charge >= 0.3 is 0 Å². The van der Waals surface area contributed by atoms with Gasteiger partial charge in [-0.25, -0.2) is 0 Å². The van der Waals surface area contributed by atoms with Crippen LogP contribution in [-0.4, -0.2) is 32.2 Å². The highest BCUT2D eigenvalue weighted by molar-refractivity contribution is 5.29. The molecule has 0 aliphatic carbocycles. The first-order valence-electron chi connectivity index (χ1n) is 6.61. The number of rotatable bonds is 9. The van der Waals surface area contributed by atoms with Crippen LogP contribution in [0.1, 0.15) is 31.9 Å². The van der Waals surface area contributed by atoms with E-state index < -0.39 is 6.10 Å². The molecule has 108 valence electrons. The molecular weight excluding hydrogens is 244 g/mol. The molecular formula is C15H24O4. The summed E-state index contributed by atoms with van der Waals surface area (Å²) >= 11 is 0. The number of aliphatic hydroxyl groups excluding tert-OH is 1. The minimum atomic E-state index is -0.446. The van der Waals surface area contributed by atoms with Gasteiger partial charge in [0.1, 0.15) is 5.75 Å². The van der Waals surface area contributed by atoms with Crippen LogP contribution in [0.15, 0.2) is 24.3 Å². The molecule has 0 heterocycles. The predicted octanol–water partition coefficient (Wildman–Crippen LogP) is 2.77. The number of ether oxygens (including phenoxy) is 3. The van der Waals surface area contributed by atoms with Crippen molar-refractivity contribution in [3.63, 3.8) is 0 Å². The lowest BCUT2D eigenvalue weighted by Gasteiger charge is -2.14. The summed E-state index contributed by atoms with van der Waals surface area (Å²) < 4.78 is 15.6. The van der Waals surface area contributed by atoms with Crippen molar-refractivity contribution >= 4 is 0 Å². The summed E-state index contributed by atoms with van der Waals surface area (Å²) in [5.41, 5.74) is 0.878. The van der Waals surface area contributed by atoms with Gasteiger partial charge in [0.05, 0.1) is 19.3 Å². The smallest absolute Gasteiger partial charge is 0.189 e. The highest BCUT2D eigenvalue weighted by Crippen LogP contribution is 2.24. The Hall–Kier alpha value is -1.10. The summed E-state index contributed by atoms with van der Waals surface area (Å²) in [4.78, 5) is 0. The first kappa shape index (κ1) is 16.0. The fourth-order valence-electron chi connectivity index (χ4n) is 1.71. The second kappa shape index (κ2) is 8.91. The average molecular weight is 268 g/mol. The van der Waals surface area contributed by atoms with Crippen LogP contribution in [0, 0.1) is 5.92 Å². The van der Waals surface area contributed by atoms with Gasteiger partial charge in [0.15, 0.2) is 6.79 Å². The molecule has 1 aromatic rings. The summed E-state index contributed by atoms with van der Waals surface area (Å²) in [7, 11) is 1.63. The molecule has 0 bridgehead atoms. The standard InChI is InChI=1S/C15H24O4/c1-12(2)9-15(16)13-5-4-6-14(10-13)19-11-18-8-7-17-3/h4-6,10,12,15-16H,7-9,11H2,1-3H3/t15-/m0/s1. The Balaban J connectivity index is 2.43. The van der Waals surface area contributed by atoms with Crippen molar-refractivity contribution in [3.8, 4) is 5.75 Å². The van der Waals surface area contributed by atoms with Gasteiger partial charge in [0, 0.05) is 7.11 Å². The molecule has 1 aromatic carbocycles. The SMILES string of the molecule is COCCOCOc1cccc([C@@H](O)CC(C)C)c1. The van der Waals surface area contributed by atoms with Gasteiger partial charge in [0.25, 0.3) is 0 Å². The summed E-state index contributed by atoms with van der Waals surface area (Å²) in [6.07, 6.45) is 0.298. The van der Waals surface area contributed by atoms with Crippen LogP contribution in [0.25, 0.3) is 0 Å². The minimum Gasteiger partial charge on any atom is -0.468 e. The summed E-state index contributed by atoms with van der Waals surface area (Å²) in [6.45, 7) is 5.43. The molecule has 0 radical (unpaired) electrons. The maximum Gasteiger partial charge on any atom is 0.189 e. The Kier molecular flexibility index (Phi) is 7.48. The van der Waals surface area contributed by atoms with E-state index in [-0.39, 0.29) is 6.79 Å². The topological polar surface area (TPSA) is 47.9 Å². The highest BCUT2D eigenvalue weighted by Gasteiger charge is 2.10. The Morgan fingerprint density at radius 1 is 1.21 bits per heavy atom. The van der Waals surface area contributed by atoms with E-state index in [2.05, 4.69) is 13.8 Å². The predicted molar refractivity (Wildman–Crippen MR) is 74.2 cm³/mol. The Bertz CT molecular complexity index is 352. The maximum atomic E-state index is 10.1. The van der Waals surface area contributed by atoms with E-state index in [1.807, 2.05) is 24.3 Å². The molecule has 4 heteroatoms. The molecule has 19 heavy (non-hydrogen) atoms. The van der Waals surface area contributed by atoms with E-state index >= 15 is 0 Å². The van der Waals surface area contributed by atoms with Gasteiger partial charge in [0.2, 0.25) is 0 Å². The Labute approximate surface area is 115 Å². The highest BCUT2D eigenvalue weighted by atomic mass is 16.7. The van der Waals surface area contributed by atoms with Gasteiger partial charge in [-0.15, -0.1) is 0 Å². The molecule has 0 aliphatic heterocycles. The third-order valence-electron chi connectivity index (χ3n) is 2.68. The second-order valence-corrected chi connectivity index (χ2v) is 4.88. The summed E-state index contributed by atoms with van der Waals surface area (Å²) in [5.74, 6) is 1.16. The summed E-state index contributed by atoms with van der Waals surface area (Å²) in [6, 6.07) is 7.49. The van der Waals surface area contributed by atoms with Crippen LogP contribution in [0.5, 0.6) is 5.75 Å². The van der Waals surface area contributed by atoms with E-state index in [1.165, 1.54) is 0 Å². The zero-order chi connectivity index (χ0) is 14.1. The van der Waals surface area contributed by atoms with Gasteiger partial charge < -0.3 is 19.3 Å². The van der Waals surface area contributed by atoms with Gasteiger partial charge in [-0.05, 0) is 30.0 Å². The zero-order valence-corrected chi connectivity index (χ0v) is 12.0. The van der Waals surface area contributed by atoms with E-state index in [1.54, 1.807) is 7.11 Å². The van der Waals surface area contributed by atoms with E-state index in [0.29, 0.717) is 24.9 Å². The molecule has 1 atom stereocenters. The van der Waals surface area contributed by atoms with Crippen LogP contribution in [-0.2, 0) is 9.47 Å². The van der Waals surface area contributed by atoms with Crippen LogP contribution >= 0.6 is 0 Å². The monoisotopic (exact) mass is 268 g/mol. The van der Waals surface area contributed by atoms with Gasteiger partial charge in [-0.3, -0.25) is 0 Å². The third kappa shape index (κ3) is 6.57. The molecule has 1 rings (SSSR count). The lowest BCUT2D eigenvalue weighted by Crippen LogP contribution is -2.08. The number of aliphatic hydroxyl groups is 1. The largest absolute Gasteiger partial charge is 0.468 e. The zero-order valence-electron chi connectivity index (χ0n) is 12.0. The first-order valence-corrected chi connectivity index (χ1v) is 6.61. The molecule has 0 fully saturated rings. The normalized spacial score (nSPS) is 12.7. The van der Waals surface area contributed by atoms with E-state index in [4.69, 9.17) is 14.2 Å². The molecule has 1 N–H and O–H groups in total. The number of hydrogen-bond donors (Lipinski definition) is 1. The van der Waals surface area contributed by atoms with Crippen molar-refractivity contribution in [1.82, 2.24) is 0 Å².